The lowest BCUT2D eigenvalue weighted by Crippen LogP contribution is -2.43. The number of benzene rings is 2. The van der Waals surface area contributed by atoms with Crippen molar-refractivity contribution in [2.45, 2.75) is 26.4 Å². The van der Waals surface area contributed by atoms with Gasteiger partial charge in [0, 0.05) is 48.3 Å². The predicted octanol–water partition coefficient (Wildman–Crippen LogP) is 4.53. The van der Waals surface area contributed by atoms with Crippen molar-refractivity contribution >= 4 is 29.3 Å². The lowest BCUT2D eigenvalue weighted by atomic mass is 9.96. The molecule has 0 bridgehead atoms. The minimum atomic E-state index is -2.87. The number of anilines is 3. The van der Waals surface area contributed by atoms with Crippen molar-refractivity contribution in [3.05, 3.63) is 60.4 Å². The highest BCUT2D eigenvalue weighted by molar-refractivity contribution is 5.91. The number of piperidine rings is 1. The summed E-state index contributed by atoms with van der Waals surface area (Å²) < 4.78 is 29.0. The number of nitrogens with zero attached hydrogens (tertiary/aromatic N) is 3. The minimum absolute atomic E-state index is 0.0744. The van der Waals surface area contributed by atoms with Crippen molar-refractivity contribution in [1.82, 2.24) is 14.9 Å². The maximum absolute atomic E-state index is 12.7. The molecule has 1 aliphatic rings. The number of primary amides is 1. The van der Waals surface area contributed by atoms with Crippen molar-refractivity contribution in [2.24, 2.45) is 11.7 Å². The van der Waals surface area contributed by atoms with Gasteiger partial charge in [0.25, 0.3) is 0 Å². The van der Waals surface area contributed by atoms with Crippen LogP contribution in [0.1, 0.15) is 18.4 Å². The topological polar surface area (TPSA) is 122 Å². The molecule has 188 valence electrons. The van der Waals surface area contributed by atoms with Crippen LogP contribution in [0.5, 0.6) is 5.75 Å². The first kappa shape index (κ1) is 24.8. The van der Waals surface area contributed by atoms with Crippen molar-refractivity contribution in [2.75, 3.05) is 23.7 Å². The zero-order chi connectivity index (χ0) is 25.7. The van der Waals surface area contributed by atoms with Gasteiger partial charge in [-0.15, -0.1) is 0 Å². The molecule has 0 aliphatic carbocycles. The molecule has 1 aliphatic heterocycles. The number of halogens is 2. The summed E-state index contributed by atoms with van der Waals surface area (Å²) >= 11 is 0. The number of rotatable bonds is 7. The van der Waals surface area contributed by atoms with E-state index in [2.05, 4.69) is 25.3 Å². The molecule has 4 rings (SSSR count). The monoisotopic (exact) mass is 496 g/mol. The summed E-state index contributed by atoms with van der Waals surface area (Å²) in [5, 5.41) is 6.04. The minimum Gasteiger partial charge on any atom is -0.435 e. The summed E-state index contributed by atoms with van der Waals surface area (Å²) in [5.74, 6) is -0.0812. The first-order chi connectivity index (χ1) is 17.3. The van der Waals surface area contributed by atoms with Crippen LogP contribution < -0.4 is 21.1 Å². The second-order valence-electron chi connectivity index (χ2n) is 8.45. The maximum atomic E-state index is 12.7. The molecule has 36 heavy (non-hydrogen) atoms. The summed E-state index contributed by atoms with van der Waals surface area (Å²) in [6.07, 6.45) is 4.35. The quantitative estimate of drug-likeness (QED) is 0.442. The summed E-state index contributed by atoms with van der Waals surface area (Å²) in [7, 11) is 0. The predicted molar refractivity (Wildman–Crippen MR) is 131 cm³/mol. The summed E-state index contributed by atoms with van der Waals surface area (Å²) in [6, 6.07) is 11.5. The number of alkyl halides is 2. The standard InChI is InChI=1S/C25H26F2N6O3/c1-15-2-5-19(12-21(15)32-25(35)33-10-8-17(9-11-33)22(28)34)31-24-29-13-18(14-30-24)16-3-6-20(7-4-16)36-23(26)27/h2-7,12-14,17,23H,8-11H2,1H3,(H2,28,34)(H,32,35)(H,29,30,31). The van der Waals surface area contributed by atoms with Gasteiger partial charge in [0.2, 0.25) is 11.9 Å². The number of likely N-dealkylation sites (tertiary alicyclic amines) is 1. The Kier molecular flexibility index (Phi) is 7.57. The van der Waals surface area contributed by atoms with E-state index in [9.17, 15) is 18.4 Å². The van der Waals surface area contributed by atoms with Crippen molar-refractivity contribution in [3.8, 4) is 16.9 Å². The van der Waals surface area contributed by atoms with Crippen LogP contribution in [0.25, 0.3) is 11.1 Å². The van der Waals surface area contributed by atoms with E-state index in [0.717, 1.165) is 11.1 Å². The highest BCUT2D eigenvalue weighted by Gasteiger charge is 2.26. The van der Waals surface area contributed by atoms with Crippen molar-refractivity contribution < 1.29 is 23.1 Å². The van der Waals surface area contributed by atoms with E-state index < -0.39 is 6.61 Å². The lowest BCUT2D eigenvalue weighted by Gasteiger charge is -2.30. The number of carbonyl (C=O) groups is 2. The molecule has 3 aromatic rings. The van der Waals surface area contributed by atoms with Crippen LogP contribution in [-0.2, 0) is 4.79 Å². The first-order valence-corrected chi connectivity index (χ1v) is 11.4. The third-order valence-electron chi connectivity index (χ3n) is 5.98. The number of carbonyl (C=O) groups excluding carboxylic acids is 2. The van der Waals surface area contributed by atoms with Gasteiger partial charge in [-0.2, -0.15) is 8.78 Å². The highest BCUT2D eigenvalue weighted by atomic mass is 19.3. The molecule has 0 spiro atoms. The molecule has 1 saturated heterocycles. The zero-order valence-electron chi connectivity index (χ0n) is 19.6. The lowest BCUT2D eigenvalue weighted by molar-refractivity contribution is -0.122. The van der Waals surface area contributed by atoms with Crippen LogP contribution in [0, 0.1) is 12.8 Å². The molecule has 0 atom stereocenters. The molecular weight excluding hydrogens is 470 g/mol. The molecule has 0 unspecified atom stereocenters. The Hall–Kier alpha value is -4.28. The number of nitrogens with one attached hydrogen (secondary N) is 2. The van der Waals surface area contributed by atoms with Crippen molar-refractivity contribution in [3.63, 3.8) is 0 Å². The molecule has 11 heteroatoms. The first-order valence-electron chi connectivity index (χ1n) is 11.4. The number of hydrogen-bond donors (Lipinski definition) is 3. The largest absolute Gasteiger partial charge is 0.435 e. The summed E-state index contributed by atoms with van der Waals surface area (Å²) in [4.78, 5) is 34.4. The highest BCUT2D eigenvalue weighted by Crippen LogP contribution is 2.26. The van der Waals surface area contributed by atoms with Crippen LogP contribution in [-0.4, -0.2) is 46.5 Å². The van der Waals surface area contributed by atoms with Crippen LogP contribution in [0.3, 0.4) is 0 Å². The molecular formula is C25H26F2N6O3. The van der Waals surface area contributed by atoms with Crippen LogP contribution in [0.2, 0.25) is 0 Å². The second-order valence-corrected chi connectivity index (χ2v) is 8.45. The SMILES string of the molecule is Cc1ccc(Nc2ncc(-c3ccc(OC(F)F)cc3)cn2)cc1NC(=O)N1CCC(C(N)=O)CC1. The van der Waals surface area contributed by atoms with E-state index in [-0.39, 0.29) is 23.6 Å². The third kappa shape index (κ3) is 6.23. The fourth-order valence-electron chi connectivity index (χ4n) is 3.90. The molecule has 2 heterocycles. The fourth-order valence-corrected chi connectivity index (χ4v) is 3.90. The number of aromatic nitrogens is 2. The Balaban J connectivity index is 1.38. The zero-order valence-corrected chi connectivity index (χ0v) is 19.6. The van der Waals surface area contributed by atoms with Gasteiger partial charge in [-0.05, 0) is 55.2 Å². The van der Waals surface area contributed by atoms with E-state index in [1.807, 2.05) is 19.1 Å². The fraction of sp³-hybridized carbons (Fsp3) is 0.280. The second kappa shape index (κ2) is 11.0. The number of aryl methyl sites for hydroxylation is 1. The Morgan fingerprint density at radius 3 is 2.33 bits per heavy atom. The van der Waals surface area contributed by atoms with E-state index >= 15 is 0 Å². The number of ether oxygens (including phenoxy) is 1. The number of nitrogens with two attached hydrogens (primary N) is 1. The Morgan fingerprint density at radius 1 is 1.06 bits per heavy atom. The molecule has 2 aromatic carbocycles. The van der Waals surface area contributed by atoms with E-state index in [1.165, 1.54) is 12.1 Å². The van der Waals surface area contributed by atoms with Gasteiger partial charge < -0.3 is 26.0 Å². The third-order valence-corrected chi connectivity index (χ3v) is 5.98. The van der Waals surface area contributed by atoms with Crippen LogP contribution >= 0.6 is 0 Å². The molecule has 4 N–H and O–H groups in total. The molecule has 9 nitrogen and oxygen atoms in total. The molecule has 0 radical (unpaired) electrons. The smallest absolute Gasteiger partial charge is 0.387 e. The van der Waals surface area contributed by atoms with Gasteiger partial charge in [-0.3, -0.25) is 4.79 Å². The molecule has 1 fully saturated rings. The van der Waals surface area contributed by atoms with Crippen LogP contribution in [0.15, 0.2) is 54.9 Å². The Labute approximate surface area is 206 Å². The average Bonchev–Trinajstić information content (AvgIpc) is 2.87. The normalized spacial score (nSPS) is 13.9. The number of urea groups is 1. The molecule has 0 saturated carbocycles. The average molecular weight is 497 g/mol. The number of amides is 3. The van der Waals surface area contributed by atoms with Crippen molar-refractivity contribution in [1.29, 1.82) is 0 Å². The Bertz CT molecular complexity index is 1210. The Morgan fingerprint density at radius 2 is 1.72 bits per heavy atom. The van der Waals surface area contributed by atoms with Gasteiger partial charge in [-0.25, -0.2) is 14.8 Å². The molecule has 1 aromatic heterocycles. The number of hydrogen-bond acceptors (Lipinski definition) is 6. The van der Waals surface area contributed by atoms with Gasteiger partial charge in [0.1, 0.15) is 5.75 Å². The van der Waals surface area contributed by atoms with E-state index in [1.54, 1.807) is 35.5 Å². The van der Waals surface area contributed by atoms with Gasteiger partial charge in [0.05, 0.1) is 0 Å². The summed E-state index contributed by atoms with van der Waals surface area (Å²) in [5.41, 5.74) is 9.04. The summed E-state index contributed by atoms with van der Waals surface area (Å²) in [6.45, 7) is -0.0420. The van der Waals surface area contributed by atoms with Gasteiger partial charge in [0.15, 0.2) is 0 Å². The van der Waals surface area contributed by atoms with Crippen LogP contribution in [0.4, 0.5) is 30.9 Å². The van der Waals surface area contributed by atoms with Gasteiger partial charge >= 0.3 is 12.6 Å². The van der Waals surface area contributed by atoms with Gasteiger partial charge in [-0.1, -0.05) is 18.2 Å². The van der Waals surface area contributed by atoms with E-state index in [4.69, 9.17) is 5.73 Å². The molecule has 3 amide bonds. The maximum Gasteiger partial charge on any atom is 0.387 e. The van der Waals surface area contributed by atoms with E-state index in [0.29, 0.717) is 48.8 Å².